The van der Waals surface area contributed by atoms with Gasteiger partial charge in [0, 0.05) is 5.92 Å². The zero-order valence-electron chi connectivity index (χ0n) is 11.2. The normalized spacial score (nSPS) is 12.2. The molecule has 2 rings (SSSR count). The van der Waals surface area contributed by atoms with Crippen molar-refractivity contribution in [2.75, 3.05) is 7.11 Å². The van der Waals surface area contributed by atoms with Gasteiger partial charge < -0.3 is 14.3 Å². The van der Waals surface area contributed by atoms with Gasteiger partial charge in [-0.2, -0.15) is 0 Å². The van der Waals surface area contributed by atoms with Crippen LogP contribution in [0.25, 0.3) is 11.3 Å². The lowest BCUT2D eigenvalue weighted by molar-refractivity contribution is -0.137. The third-order valence-corrected chi connectivity index (χ3v) is 3.02. The van der Waals surface area contributed by atoms with Gasteiger partial charge >= 0.3 is 5.97 Å². The van der Waals surface area contributed by atoms with Crippen LogP contribution in [0.3, 0.4) is 0 Å². The van der Waals surface area contributed by atoms with Crippen molar-refractivity contribution < 1.29 is 23.4 Å². The van der Waals surface area contributed by atoms with Crippen molar-refractivity contribution in [3.8, 4) is 17.1 Å². The first-order chi connectivity index (χ1) is 9.51. The number of carbonyl (C=O) groups is 1. The van der Waals surface area contributed by atoms with Crippen molar-refractivity contribution in [3.63, 3.8) is 0 Å². The number of benzene rings is 1. The highest BCUT2D eigenvalue weighted by molar-refractivity contribution is 5.68. The Balaban J connectivity index is 2.33. The molecular formula is C15H15FO4. The maximum Gasteiger partial charge on any atom is 0.304 e. The second-order valence-corrected chi connectivity index (χ2v) is 4.55. The highest BCUT2D eigenvalue weighted by Gasteiger charge is 2.17. The van der Waals surface area contributed by atoms with Gasteiger partial charge in [0.15, 0.2) is 0 Å². The second-order valence-electron chi connectivity index (χ2n) is 4.55. The van der Waals surface area contributed by atoms with Gasteiger partial charge in [0.2, 0.25) is 0 Å². The molecule has 0 saturated carbocycles. The van der Waals surface area contributed by atoms with Gasteiger partial charge in [-0.1, -0.05) is 6.92 Å². The molecule has 0 aliphatic rings. The van der Waals surface area contributed by atoms with Crippen LogP contribution in [0.1, 0.15) is 25.0 Å². The number of rotatable bonds is 5. The minimum atomic E-state index is -0.890. The predicted molar refractivity (Wildman–Crippen MR) is 71.3 cm³/mol. The number of hydrogen-bond donors (Lipinski definition) is 1. The summed E-state index contributed by atoms with van der Waals surface area (Å²) in [4.78, 5) is 10.7. The maximum atomic E-state index is 13.3. The summed E-state index contributed by atoms with van der Waals surface area (Å²) in [7, 11) is 1.49. The van der Waals surface area contributed by atoms with Crippen molar-refractivity contribution in [2.24, 2.45) is 0 Å². The number of methoxy groups -OCH3 is 1. The van der Waals surface area contributed by atoms with E-state index in [2.05, 4.69) is 0 Å². The highest BCUT2D eigenvalue weighted by atomic mass is 19.1. The molecule has 1 aromatic carbocycles. The number of ether oxygens (including phenoxy) is 1. The lowest BCUT2D eigenvalue weighted by Crippen LogP contribution is -2.01. The maximum absolute atomic E-state index is 13.3. The summed E-state index contributed by atoms with van der Waals surface area (Å²) in [6.45, 7) is 1.76. The number of hydrogen-bond acceptors (Lipinski definition) is 3. The fourth-order valence-electron chi connectivity index (χ4n) is 2.00. The first-order valence-corrected chi connectivity index (χ1v) is 6.16. The van der Waals surface area contributed by atoms with Gasteiger partial charge in [0.1, 0.15) is 23.1 Å². The molecule has 1 unspecified atom stereocenters. The van der Waals surface area contributed by atoms with Crippen LogP contribution in [-0.2, 0) is 4.79 Å². The molecule has 0 amide bonds. The van der Waals surface area contributed by atoms with Gasteiger partial charge in [-0.15, -0.1) is 0 Å². The Kier molecular flexibility index (Phi) is 4.08. The van der Waals surface area contributed by atoms with Crippen molar-refractivity contribution in [2.45, 2.75) is 19.3 Å². The molecule has 0 radical (unpaired) electrons. The van der Waals surface area contributed by atoms with E-state index < -0.39 is 11.8 Å². The molecule has 0 bridgehead atoms. The average molecular weight is 278 g/mol. The van der Waals surface area contributed by atoms with Crippen LogP contribution in [-0.4, -0.2) is 18.2 Å². The Bertz CT molecular complexity index is 618. The Morgan fingerprint density at radius 3 is 2.80 bits per heavy atom. The zero-order chi connectivity index (χ0) is 14.7. The lowest BCUT2D eigenvalue weighted by atomic mass is 10.1. The molecule has 4 nitrogen and oxygen atoms in total. The number of carboxylic acid groups (broad SMARTS) is 1. The van der Waals surface area contributed by atoms with E-state index in [-0.39, 0.29) is 12.3 Å². The third kappa shape index (κ3) is 2.99. The van der Waals surface area contributed by atoms with Gasteiger partial charge in [0.05, 0.1) is 19.1 Å². The number of carboxylic acids is 1. The summed E-state index contributed by atoms with van der Waals surface area (Å²) in [5.74, 6) is -0.0302. The molecule has 2 aromatic rings. The van der Waals surface area contributed by atoms with Gasteiger partial charge in [0.25, 0.3) is 0 Å². The molecular weight excluding hydrogens is 263 g/mol. The summed E-state index contributed by atoms with van der Waals surface area (Å²) < 4.78 is 24.1. The van der Waals surface area contributed by atoms with E-state index in [1.165, 1.54) is 25.3 Å². The third-order valence-electron chi connectivity index (χ3n) is 3.02. The quantitative estimate of drug-likeness (QED) is 0.906. The summed E-state index contributed by atoms with van der Waals surface area (Å²) >= 11 is 0. The fraction of sp³-hybridized carbons (Fsp3) is 0.267. The van der Waals surface area contributed by atoms with E-state index in [4.69, 9.17) is 14.3 Å². The number of halogens is 1. The molecule has 0 aliphatic carbocycles. The zero-order valence-corrected chi connectivity index (χ0v) is 11.2. The largest absolute Gasteiger partial charge is 0.496 e. The molecule has 1 aromatic heterocycles. The molecule has 0 fully saturated rings. The summed E-state index contributed by atoms with van der Waals surface area (Å²) in [5, 5.41) is 8.78. The SMILES string of the molecule is COc1ccc(F)cc1-c1ccc(C(C)CC(=O)O)o1. The standard InChI is InChI=1S/C15H15FO4/c1-9(7-15(17)18)12-5-6-14(20-12)11-8-10(16)3-4-13(11)19-2/h3-6,8-9H,7H2,1-2H3,(H,17,18). The monoisotopic (exact) mass is 278 g/mol. The molecule has 0 saturated heterocycles. The van der Waals surface area contributed by atoms with E-state index in [0.29, 0.717) is 22.8 Å². The summed E-state index contributed by atoms with van der Waals surface area (Å²) in [6, 6.07) is 7.54. The molecule has 0 aliphatic heterocycles. The fourth-order valence-corrected chi connectivity index (χ4v) is 2.00. The summed E-state index contributed by atoms with van der Waals surface area (Å²) in [6.07, 6.45) is -0.0206. The van der Waals surface area contributed by atoms with E-state index in [1.54, 1.807) is 19.1 Å². The topological polar surface area (TPSA) is 59.7 Å². The van der Waals surface area contributed by atoms with E-state index in [0.717, 1.165) is 0 Å². The minimum Gasteiger partial charge on any atom is -0.496 e. The molecule has 20 heavy (non-hydrogen) atoms. The van der Waals surface area contributed by atoms with Crippen molar-refractivity contribution in [3.05, 3.63) is 41.9 Å². The molecule has 1 heterocycles. The van der Waals surface area contributed by atoms with Crippen LogP contribution in [0.4, 0.5) is 4.39 Å². The smallest absolute Gasteiger partial charge is 0.304 e. The van der Waals surface area contributed by atoms with Crippen LogP contribution in [0.15, 0.2) is 34.7 Å². The highest BCUT2D eigenvalue weighted by Crippen LogP contribution is 2.34. The molecule has 1 atom stereocenters. The van der Waals surface area contributed by atoms with Crippen LogP contribution >= 0.6 is 0 Å². The Morgan fingerprint density at radius 2 is 2.15 bits per heavy atom. The number of furan rings is 1. The van der Waals surface area contributed by atoms with Crippen molar-refractivity contribution >= 4 is 5.97 Å². The molecule has 0 spiro atoms. The Morgan fingerprint density at radius 1 is 1.40 bits per heavy atom. The summed E-state index contributed by atoms with van der Waals surface area (Å²) in [5.41, 5.74) is 0.501. The van der Waals surface area contributed by atoms with Crippen LogP contribution in [0.2, 0.25) is 0 Å². The predicted octanol–water partition coefficient (Wildman–Crippen LogP) is 3.67. The van der Waals surface area contributed by atoms with Crippen LogP contribution < -0.4 is 4.74 Å². The van der Waals surface area contributed by atoms with Gasteiger partial charge in [-0.05, 0) is 30.3 Å². The first-order valence-electron chi connectivity index (χ1n) is 6.16. The van der Waals surface area contributed by atoms with Crippen molar-refractivity contribution in [1.29, 1.82) is 0 Å². The Hall–Kier alpha value is -2.30. The average Bonchev–Trinajstić information content (AvgIpc) is 2.87. The minimum absolute atomic E-state index is 0.0206. The van der Waals surface area contributed by atoms with Crippen LogP contribution in [0.5, 0.6) is 5.75 Å². The molecule has 5 heteroatoms. The second kappa shape index (κ2) is 5.77. The van der Waals surface area contributed by atoms with Gasteiger partial charge in [-0.3, -0.25) is 4.79 Å². The van der Waals surface area contributed by atoms with E-state index in [9.17, 15) is 9.18 Å². The molecule has 106 valence electrons. The number of aliphatic carboxylic acids is 1. The van der Waals surface area contributed by atoms with E-state index >= 15 is 0 Å². The first kappa shape index (κ1) is 14.1. The lowest BCUT2D eigenvalue weighted by Gasteiger charge is -2.07. The van der Waals surface area contributed by atoms with E-state index in [1.807, 2.05) is 0 Å². The Labute approximate surface area is 115 Å². The van der Waals surface area contributed by atoms with Crippen molar-refractivity contribution in [1.82, 2.24) is 0 Å². The van der Waals surface area contributed by atoms with Gasteiger partial charge in [-0.25, -0.2) is 4.39 Å². The molecule has 1 N–H and O–H groups in total. The van der Waals surface area contributed by atoms with Crippen LogP contribution in [0, 0.1) is 5.82 Å².